The summed E-state index contributed by atoms with van der Waals surface area (Å²) in [5.41, 5.74) is 0. The molecule has 72 valence electrons. The number of anilines is 1. The monoisotopic (exact) mass is 216 g/mol. The van der Waals surface area contributed by atoms with Crippen molar-refractivity contribution in [2.45, 2.75) is 19.8 Å². The standard InChI is InChI=1S/C9H13ClN2S/c1-6(7-2-3-7)4-11-9-12-8(10)5-13-9/h5-7H,2-4H2,1H3,(H,11,12). The lowest BCUT2D eigenvalue weighted by molar-refractivity contribution is 0.536. The van der Waals surface area contributed by atoms with Crippen molar-refractivity contribution < 1.29 is 0 Å². The SMILES string of the molecule is CC(CNc1nc(Cl)cs1)C1CC1. The third kappa shape index (κ3) is 2.58. The second-order valence-electron chi connectivity index (χ2n) is 3.67. The molecule has 0 saturated heterocycles. The zero-order valence-corrected chi connectivity index (χ0v) is 9.16. The molecule has 1 atom stereocenters. The van der Waals surface area contributed by atoms with Gasteiger partial charge >= 0.3 is 0 Å². The molecule has 1 fully saturated rings. The van der Waals surface area contributed by atoms with E-state index in [1.807, 2.05) is 5.38 Å². The van der Waals surface area contributed by atoms with E-state index >= 15 is 0 Å². The van der Waals surface area contributed by atoms with Crippen molar-refractivity contribution in [3.63, 3.8) is 0 Å². The Morgan fingerprint density at radius 2 is 2.54 bits per heavy atom. The maximum Gasteiger partial charge on any atom is 0.184 e. The zero-order valence-electron chi connectivity index (χ0n) is 7.59. The number of rotatable bonds is 4. The maximum absolute atomic E-state index is 5.71. The number of halogens is 1. The van der Waals surface area contributed by atoms with E-state index < -0.39 is 0 Å². The van der Waals surface area contributed by atoms with Crippen LogP contribution in [-0.2, 0) is 0 Å². The third-order valence-electron chi connectivity index (χ3n) is 2.48. The van der Waals surface area contributed by atoms with Crippen molar-refractivity contribution in [2.24, 2.45) is 11.8 Å². The minimum atomic E-state index is 0.589. The fraction of sp³-hybridized carbons (Fsp3) is 0.667. The first-order chi connectivity index (χ1) is 6.25. The number of thiazole rings is 1. The van der Waals surface area contributed by atoms with Crippen LogP contribution in [0, 0.1) is 11.8 Å². The van der Waals surface area contributed by atoms with Crippen molar-refractivity contribution in [1.29, 1.82) is 0 Å². The Labute approximate surface area is 87.3 Å². The highest BCUT2D eigenvalue weighted by Gasteiger charge is 2.27. The summed E-state index contributed by atoms with van der Waals surface area (Å²) in [6, 6.07) is 0. The number of nitrogens with zero attached hydrogens (tertiary/aromatic N) is 1. The van der Waals surface area contributed by atoms with Gasteiger partial charge in [-0.3, -0.25) is 0 Å². The van der Waals surface area contributed by atoms with Gasteiger partial charge in [-0.05, 0) is 24.7 Å². The van der Waals surface area contributed by atoms with Crippen LogP contribution in [0.15, 0.2) is 5.38 Å². The Morgan fingerprint density at radius 3 is 3.08 bits per heavy atom. The van der Waals surface area contributed by atoms with E-state index in [4.69, 9.17) is 11.6 Å². The molecule has 0 spiro atoms. The molecule has 4 heteroatoms. The number of hydrogen-bond donors (Lipinski definition) is 1. The molecule has 1 N–H and O–H groups in total. The van der Waals surface area contributed by atoms with Gasteiger partial charge in [0.25, 0.3) is 0 Å². The summed E-state index contributed by atoms with van der Waals surface area (Å²) in [5, 5.41) is 6.69. The van der Waals surface area contributed by atoms with Crippen molar-refractivity contribution in [3.8, 4) is 0 Å². The second kappa shape index (κ2) is 3.84. The molecular formula is C9H13ClN2S. The summed E-state index contributed by atoms with van der Waals surface area (Å²) in [6.07, 6.45) is 2.81. The first-order valence-electron chi connectivity index (χ1n) is 4.60. The van der Waals surface area contributed by atoms with E-state index in [1.165, 1.54) is 12.8 Å². The summed E-state index contributed by atoms with van der Waals surface area (Å²) in [6.45, 7) is 3.31. The molecule has 2 rings (SSSR count). The number of hydrogen-bond acceptors (Lipinski definition) is 3. The molecule has 0 aliphatic heterocycles. The van der Waals surface area contributed by atoms with Crippen LogP contribution >= 0.6 is 22.9 Å². The van der Waals surface area contributed by atoms with Gasteiger partial charge in [0.05, 0.1) is 0 Å². The van der Waals surface area contributed by atoms with E-state index in [-0.39, 0.29) is 0 Å². The van der Waals surface area contributed by atoms with Crippen molar-refractivity contribution in [2.75, 3.05) is 11.9 Å². The molecular weight excluding hydrogens is 204 g/mol. The van der Waals surface area contributed by atoms with Gasteiger partial charge in [-0.1, -0.05) is 18.5 Å². The molecule has 0 radical (unpaired) electrons. The largest absolute Gasteiger partial charge is 0.361 e. The van der Waals surface area contributed by atoms with E-state index in [9.17, 15) is 0 Å². The van der Waals surface area contributed by atoms with Crippen LogP contribution in [0.1, 0.15) is 19.8 Å². The molecule has 1 heterocycles. The predicted octanol–water partition coefficient (Wildman–Crippen LogP) is 3.25. The summed E-state index contributed by atoms with van der Waals surface area (Å²) in [5.74, 6) is 1.71. The van der Waals surface area contributed by atoms with Gasteiger partial charge in [-0.15, -0.1) is 11.3 Å². The Hall–Kier alpha value is -0.280. The molecule has 1 aliphatic carbocycles. The van der Waals surface area contributed by atoms with Crippen LogP contribution in [0.3, 0.4) is 0 Å². The average Bonchev–Trinajstić information content (AvgIpc) is 2.87. The molecule has 1 unspecified atom stereocenters. The third-order valence-corrected chi connectivity index (χ3v) is 3.60. The molecule has 1 aromatic heterocycles. The maximum atomic E-state index is 5.71. The van der Waals surface area contributed by atoms with Crippen molar-refractivity contribution >= 4 is 28.1 Å². The highest BCUT2D eigenvalue weighted by atomic mass is 35.5. The predicted molar refractivity (Wildman–Crippen MR) is 57.5 cm³/mol. The van der Waals surface area contributed by atoms with E-state index in [0.717, 1.165) is 23.5 Å². The lowest BCUT2D eigenvalue weighted by atomic mass is 10.1. The Balaban J connectivity index is 1.78. The molecule has 1 aliphatic rings. The Bertz CT molecular complexity index is 283. The zero-order chi connectivity index (χ0) is 9.26. The minimum absolute atomic E-state index is 0.589. The minimum Gasteiger partial charge on any atom is -0.361 e. The molecule has 0 amide bonds. The van der Waals surface area contributed by atoms with Crippen LogP contribution in [0.2, 0.25) is 5.15 Å². The summed E-state index contributed by atoms with van der Waals surface area (Å²) < 4.78 is 0. The second-order valence-corrected chi connectivity index (χ2v) is 4.92. The van der Waals surface area contributed by atoms with Crippen LogP contribution in [0.4, 0.5) is 5.13 Å². The van der Waals surface area contributed by atoms with Gasteiger partial charge in [0.15, 0.2) is 5.13 Å². The summed E-state index contributed by atoms with van der Waals surface area (Å²) in [7, 11) is 0. The number of aromatic nitrogens is 1. The first-order valence-corrected chi connectivity index (χ1v) is 5.86. The van der Waals surface area contributed by atoms with Gasteiger partial charge < -0.3 is 5.32 Å². The van der Waals surface area contributed by atoms with Gasteiger partial charge in [0.2, 0.25) is 0 Å². The Kier molecular flexibility index (Phi) is 2.74. The number of nitrogens with one attached hydrogen (secondary N) is 1. The van der Waals surface area contributed by atoms with Crippen LogP contribution in [-0.4, -0.2) is 11.5 Å². The van der Waals surface area contributed by atoms with Gasteiger partial charge in [0, 0.05) is 11.9 Å². The van der Waals surface area contributed by atoms with E-state index in [1.54, 1.807) is 11.3 Å². The lowest BCUT2D eigenvalue weighted by Crippen LogP contribution is -2.12. The molecule has 2 nitrogen and oxygen atoms in total. The quantitative estimate of drug-likeness (QED) is 0.836. The van der Waals surface area contributed by atoms with Gasteiger partial charge in [-0.2, -0.15) is 0 Å². The van der Waals surface area contributed by atoms with Crippen molar-refractivity contribution in [1.82, 2.24) is 4.98 Å². The Morgan fingerprint density at radius 1 is 1.77 bits per heavy atom. The van der Waals surface area contributed by atoms with Gasteiger partial charge in [-0.25, -0.2) is 4.98 Å². The fourth-order valence-corrected chi connectivity index (χ4v) is 2.26. The lowest BCUT2D eigenvalue weighted by Gasteiger charge is -2.09. The van der Waals surface area contributed by atoms with Crippen LogP contribution in [0.5, 0.6) is 0 Å². The molecule has 1 saturated carbocycles. The average molecular weight is 217 g/mol. The van der Waals surface area contributed by atoms with Crippen LogP contribution < -0.4 is 5.32 Å². The molecule has 13 heavy (non-hydrogen) atoms. The summed E-state index contributed by atoms with van der Waals surface area (Å²) >= 11 is 7.28. The smallest absolute Gasteiger partial charge is 0.184 e. The topological polar surface area (TPSA) is 24.9 Å². The van der Waals surface area contributed by atoms with Crippen LogP contribution in [0.25, 0.3) is 0 Å². The summed E-state index contributed by atoms with van der Waals surface area (Å²) in [4.78, 5) is 4.14. The normalized spacial score (nSPS) is 18.6. The van der Waals surface area contributed by atoms with Crippen molar-refractivity contribution in [3.05, 3.63) is 10.5 Å². The first kappa shape index (κ1) is 9.28. The molecule has 1 aromatic rings. The van der Waals surface area contributed by atoms with Gasteiger partial charge in [0.1, 0.15) is 5.15 Å². The highest BCUT2D eigenvalue weighted by molar-refractivity contribution is 7.14. The van der Waals surface area contributed by atoms with E-state index in [0.29, 0.717) is 5.15 Å². The fourth-order valence-electron chi connectivity index (χ4n) is 1.42. The molecule has 0 aromatic carbocycles. The molecule has 0 bridgehead atoms. The van der Waals surface area contributed by atoms with E-state index in [2.05, 4.69) is 17.2 Å². The highest BCUT2D eigenvalue weighted by Crippen LogP contribution is 2.36.